The van der Waals surface area contributed by atoms with Gasteiger partial charge in [0, 0.05) is 55.8 Å². The number of nitrogens with one attached hydrogen (secondary N) is 2. The molecule has 0 aliphatic heterocycles. The summed E-state index contributed by atoms with van der Waals surface area (Å²) in [5.74, 6) is 1.43. The average molecular weight is 543 g/mol. The number of nitro groups is 1. The first kappa shape index (κ1) is 26.5. The second-order valence-corrected chi connectivity index (χ2v) is 9.42. The Labute approximate surface area is 224 Å². The van der Waals surface area contributed by atoms with Crippen molar-refractivity contribution in [2.45, 2.75) is 12.8 Å². The number of rotatable bonds is 12. The van der Waals surface area contributed by atoms with E-state index in [1.54, 1.807) is 29.8 Å². The molecule has 2 aromatic carbocycles. The van der Waals surface area contributed by atoms with E-state index in [9.17, 15) is 14.9 Å². The molecule has 2 heterocycles. The minimum atomic E-state index is -0.441. The van der Waals surface area contributed by atoms with Crippen molar-refractivity contribution in [1.29, 1.82) is 0 Å². The zero-order chi connectivity index (χ0) is 26.4. The number of aryl methyl sites for hydroxylation is 2. The number of imidazole rings is 1. The van der Waals surface area contributed by atoms with Gasteiger partial charge >= 0.3 is 0 Å². The van der Waals surface area contributed by atoms with Crippen molar-refractivity contribution in [2.24, 2.45) is 7.05 Å². The molecule has 2 N–H and O–H groups in total. The first-order valence-corrected chi connectivity index (χ1v) is 13.0. The van der Waals surface area contributed by atoms with Crippen LogP contribution < -0.4 is 10.2 Å². The van der Waals surface area contributed by atoms with Gasteiger partial charge in [0.15, 0.2) is 5.82 Å². The lowest BCUT2D eigenvalue weighted by Gasteiger charge is -2.23. The molecular formula is C26H28Cl2N6O3. The Balaban J connectivity index is 1.32. The minimum absolute atomic E-state index is 0.00594. The molecule has 194 valence electrons. The van der Waals surface area contributed by atoms with Crippen LogP contribution in [0.3, 0.4) is 0 Å². The van der Waals surface area contributed by atoms with E-state index in [1.165, 1.54) is 17.8 Å². The minimum Gasteiger partial charge on any atom is -0.369 e. The number of amides is 1. The SMILES string of the molecule is Cn1cc([N+](=O)[O-])cc1-c1nc2ccc(C(=O)NCCCc3ccc(N(CCCl)CCCl)cc3)cc2[nH]1. The van der Waals surface area contributed by atoms with Crippen LogP contribution in [-0.2, 0) is 13.5 Å². The number of anilines is 1. The number of aromatic amines is 1. The third-order valence-electron chi connectivity index (χ3n) is 6.13. The third-order valence-corrected chi connectivity index (χ3v) is 6.46. The molecule has 0 unspecified atom stereocenters. The number of halogens is 2. The maximum absolute atomic E-state index is 12.7. The van der Waals surface area contributed by atoms with Crippen LogP contribution in [0.5, 0.6) is 0 Å². The zero-order valence-electron chi connectivity index (χ0n) is 20.4. The summed E-state index contributed by atoms with van der Waals surface area (Å²) in [5.41, 5.74) is 4.76. The lowest BCUT2D eigenvalue weighted by atomic mass is 10.1. The van der Waals surface area contributed by atoms with Crippen LogP contribution in [0.15, 0.2) is 54.7 Å². The number of carbonyl (C=O) groups is 1. The predicted octanol–water partition coefficient (Wildman–Crippen LogP) is 5.12. The molecule has 0 aliphatic carbocycles. The third kappa shape index (κ3) is 6.42. The van der Waals surface area contributed by atoms with Crippen LogP contribution in [0.2, 0.25) is 0 Å². The number of carbonyl (C=O) groups excluding carboxylic acids is 1. The monoisotopic (exact) mass is 542 g/mol. The number of alkyl halides is 2. The van der Waals surface area contributed by atoms with Crippen molar-refractivity contribution in [3.8, 4) is 11.5 Å². The highest BCUT2D eigenvalue weighted by atomic mass is 35.5. The van der Waals surface area contributed by atoms with E-state index < -0.39 is 4.92 Å². The molecule has 0 radical (unpaired) electrons. The fourth-order valence-electron chi connectivity index (χ4n) is 4.20. The Morgan fingerprint density at radius 2 is 1.86 bits per heavy atom. The molecule has 1 amide bonds. The molecule has 9 nitrogen and oxygen atoms in total. The second-order valence-electron chi connectivity index (χ2n) is 8.66. The second kappa shape index (κ2) is 12.1. The van der Waals surface area contributed by atoms with Gasteiger partial charge in [0.25, 0.3) is 11.6 Å². The van der Waals surface area contributed by atoms with Gasteiger partial charge in [-0.1, -0.05) is 12.1 Å². The first-order valence-electron chi connectivity index (χ1n) is 11.9. The summed E-state index contributed by atoms with van der Waals surface area (Å²) in [6.07, 6.45) is 3.09. The van der Waals surface area contributed by atoms with Crippen molar-refractivity contribution >= 4 is 51.5 Å². The number of benzene rings is 2. The van der Waals surface area contributed by atoms with Gasteiger partial charge in [-0.15, -0.1) is 23.2 Å². The molecule has 0 spiro atoms. The van der Waals surface area contributed by atoms with Gasteiger partial charge in [-0.3, -0.25) is 14.9 Å². The van der Waals surface area contributed by atoms with Gasteiger partial charge in [0.2, 0.25) is 0 Å². The van der Waals surface area contributed by atoms with E-state index in [2.05, 4.69) is 44.5 Å². The standard InChI is InChI=1S/C26H28Cl2N6O3/c1-32-17-21(34(36)37)16-24(32)25-30-22-9-6-19(15-23(22)31-25)26(35)29-12-2-3-18-4-7-20(8-5-18)33(13-10-27)14-11-28/h4-9,15-17H,2-3,10-14H2,1H3,(H,29,35)(H,30,31). The Morgan fingerprint density at radius 3 is 2.51 bits per heavy atom. The zero-order valence-corrected chi connectivity index (χ0v) is 21.9. The Bertz CT molecular complexity index is 1380. The lowest BCUT2D eigenvalue weighted by molar-refractivity contribution is -0.384. The predicted molar refractivity (Wildman–Crippen MR) is 148 cm³/mol. The van der Waals surface area contributed by atoms with Crippen LogP contribution in [0.4, 0.5) is 11.4 Å². The van der Waals surface area contributed by atoms with Gasteiger partial charge in [0.05, 0.1) is 27.8 Å². The summed E-state index contributed by atoms with van der Waals surface area (Å²) in [5, 5.41) is 14.0. The van der Waals surface area contributed by atoms with E-state index in [0.717, 1.165) is 31.6 Å². The van der Waals surface area contributed by atoms with E-state index in [4.69, 9.17) is 23.2 Å². The van der Waals surface area contributed by atoms with Crippen molar-refractivity contribution in [1.82, 2.24) is 19.9 Å². The normalized spacial score (nSPS) is 11.1. The van der Waals surface area contributed by atoms with Gasteiger partial charge in [-0.2, -0.15) is 0 Å². The first-order chi connectivity index (χ1) is 17.9. The van der Waals surface area contributed by atoms with E-state index in [-0.39, 0.29) is 11.6 Å². The van der Waals surface area contributed by atoms with Gasteiger partial charge < -0.3 is 19.8 Å². The topological polar surface area (TPSA) is 109 Å². The molecule has 0 fully saturated rings. The Hall–Kier alpha value is -3.56. The summed E-state index contributed by atoms with van der Waals surface area (Å²) in [7, 11) is 1.72. The molecule has 0 aliphatic rings. The molecule has 0 saturated carbocycles. The summed E-state index contributed by atoms with van der Waals surface area (Å²) in [6, 6.07) is 15.0. The summed E-state index contributed by atoms with van der Waals surface area (Å²) in [6.45, 7) is 2.05. The number of hydrogen-bond acceptors (Lipinski definition) is 5. The highest BCUT2D eigenvalue weighted by Gasteiger charge is 2.17. The molecule has 37 heavy (non-hydrogen) atoms. The molecule has 11 heteroatoms. The van der Waals surface area contributed by atoms with Crippen molar-refractivity contribution in [3.05, 3.63) is 76.0 Å². The summed E-state index contributed by atoms with van der Waals surface area (Å²) < 4.78 is 1.65. The Morgan fingerprint density at radius 1 is 1.14 bits per heavy atom. The molecule has 0 atom stereocenters. The highest BCUT2D eigenvalue weighted by Crippen LogP contribution is 2.26. The number of aromatic nitrogens is 3. The van der Waals surface area contributed by atoms with Gasteiger partial charge in [-0.25, -0.2) is 4.98 Å². The van der Waals surface area contributed by atoms with Crippen LogP contribution in [-0.4, -0.2) is 56.8 Å². The number of H-pyrrole nitrogens is 1. The number of nitrogens with zero attached hydrogens (tertiary/aromatic N) is 4. The van der Waals surface area contributed by atoms with Crippen molar-refractivity contribution < 1.29 is 9.72 Å². The molecular weight excluding hydrogens is 515 g/mol. The Kier molecular flexibility index (Phi) is 8.68. The van der Waals surface area contributed by atoms with Crippen LogP contribution in [0.25, 0.3) is 22.6 Å². The van der Waals surface area contributed by atoms with E-state index in [1.807, 2.05) is 0 Å². The summed E-state index contributed by atoms with van der Waals surface area (Å²) >= 11 is 11.8. The lowest BCUT2D eigenvalue weighted by Crippen LogP contribution is -2.27. The van der Waals surface area contributed by atoms with Crippen LogP contribution >= 0.6 is 23.2 Å². The fourth-order valence-corrected chi connectivity index (χ4v) is 4.61. The van der Waals surface area contributed by atoms with Crippen molar-refractivity contribution in [3.63, 3.8) is 0 Å². The molecule has 4 aromatic rings. The molecule has 0 saturated heterocycles. The van der Waals surface area contributed by atoms with Crippen LogP contribution in [0, 0.1) is 10.1 Å². The smallest absolute Gasteiger partial charge is 0.287 e. The fraction of sp³-hybridized carbons (Fsp3) is 0.308. The maximum atomic E-state index is 12.7. The van der Waals surface area contributed by atoms with Crippen molar-refractivity contribution in [2.75, 3.05) is 36.3 Å². The summed E-state index contributed by atoms with van der Waals surface area (Å²) in [4.78, 5) is 33.2. The van der Waals surface area contributed by atoms with E-state index >= 15 is 0 Å². The highest BCUT2D eigenvalue weighted by molar-refractivity contribution is 6.18. The molecule has 4 rings (SSSR count). The average Bonchev–Trinajstić information content (AvgIpc) is 3.49. The van der Waals surface area contributed by atoms with E-state index in [0.29, 0.717) is 46.4 Å². The van der Waals surface area contributed by atoms with Gasteiger partial charge in [-0.05, 0) is 48.7 Å². The molecule has 0 bridgehead atoms. The largest absolute Gasteiger partial charge is 0.369 e. The van der Waals surface area contributed by atoms with Crippen LogP contribution in [0.1, 0.15) is 22.3 Å². The quantitative estimate of drug-likeness (QED) is 0.112. The molecule has 2 aromatic heterocycles. The van der Waals surface area contributed by atoms with Gasteiger partial charge in [0.1, 0.15) is 0 Å². The number of fused-ring (bicyclic) bond motifs is 1. The number of hydrogen-bond donors (Lipinski definition) is 2. The maximum Gasteiger partial charge on any atom is 0.287 e.